The highest BCUT2D eigenvalue weighted by Gasteiger charge is 2.53. The fourth-order valence-electron chi connectivity index (χ4n) is 3.93. The van der Waals surface area contributed by atoms with Crippen molar-refractivity contribution >= 4 is 5.91 Å². The van der Waals surface area contributed by atoms with Crippen LogP contribution in [0.15, 0.2) is 24.3 Å². The summed E-state index contributed by atoms with van der Waals surface area (Å²) in [6.07, 6.45) is 3.51. The zero-order valence-electron chi connectivity index (χ0n) is 15.5. The van der Waals surface area contributed by atoms with Crippen molar-refractivity contribution in [2.75, 3.05) is 13.1 Å². The molecule has 0 aromatic heterocycles. The van der Waals surface area contributed by atoms with Crippen LogP contribution in [0.2, 0.25) is 0 Å². The molecule has 3 rings (SSSR count). The molecule has 3 heteroatoms. The Hall–Kier alpha value is -1.35. The highest BCUT2D eigenvalue weighted by atomic mass is 16.3. The van der Waals surface area contributed by atoms with E-state index in [0.29, 0.717) is 11.8 Å². The minimum atomic E-state index is -0.270. The van der Waals surface area contributed by atoms with Crippen molar-refractivity contribution in [1.82, 2.24) is 4.90 Å². The number of carbonyl (C=O) groups excluding carboxylic acids is 1. The highest BCUT2D eigenvalue weighted by Crippen LogP contribution is 2.50. The summed E-state index contributed by atoms with van der Waals surface area (Å²) in [6, 6.07) is 8.69. The lowest BCUT2D eigenvalue weighted by atomic mass is 9.84. The molecule has 1 N–H and O–H groups in total. The van der Waals surface area contributed by atoms with Crippen LogP contribution >= 0.6 is 0 Å². The van der Waals surface area contributed by atoms with Crippen molar-refractivity contribution in [2.45, 2.75) is 70.3 Å². The molecule has 1 saturated heterocycles. The Kier molecular flexibility index (Phi) is 4.50. The van der Waals surface area contributed by atoms with Crippen LogP contribution in [0.1, 0.15) is 64.5 Å². The number of likely N-dealkylation sites (tertiary alicyclic amines) is 1. The maximum atomic E-state index is 13.1. The number of carbonyl (C=O) groups is 1. The Morgan fingerprint density at radius 2 is 1.71 bits per heavy atom. The van der Waals surface area contributed by atoms with E-state index in [1.165, 1.54) is 11.1 Å². The molecular formula is C21H31NO2. The number of hydrogen-bond donors (Lipinski definition) is 1. The van der Waals surface area contributed by atoms with Gasteiger partial charge in [-0.1, -0.05) is 45.0 Å². The summed E-state index contributed by atoms with van der Waals surface area (Å²) in [5.74, 6) is 0.644. The van der Waals surface area contributed by atoms with Crippen LogP contribution < -0.4 is 0 Å². The first-order valence-corrected chi connectivity index (χ1v) is 9.32. The number of aliphatic hydroxyl groups is 1. The summed E-state index contributed by atoms with van der Waals surface area (Å²) in [4.78, 5) is 15.1. The average Bonchev–Trinajstić information content (AvgIpc) is 3.35. The van der Waals surface area contributed by atoms with E-state index in [-0.39, 0.29) is 16.9 Å². The van der Waals surface area contributed by atoms with Crippen molar-refractivity contribution in [3.63, 3.8) is 0 Å². The molecule has 0 spiro atoms. The minimum Gasteiger partial charge on any atom is -0.393 e. The molecule has 24 heavy (non-hydrogen) atoms. The van der Waals surface area contributed by atoms with Crippen molar-refractivity contribution in [2.24, 2.45) is 5.92 Å². The predicted octanol–water partition coefficient (Wildman–Crippen LogP) is 3.64. The van der Waals surface area contributed by atoms with E-state index in [2.05, 4.69) is 45.0 Å². The molecule has 1 heterocycles. The number of amides is 1. The Morgan fingerprint density at radius 1 is 1.17 bits per heavy atom. The smallest absolute Gasteiger partial charge is 0.233 e. The maximum absolute atomic E-state index is 13.1. The second-order valence-corrected chi connectivity index (χ2v) is 8.78. The van der Waals surface area contributed by atoms with E-state index >= 15 is 0 Å². The SMILES string of the molecule is CC(O)C1CCN(C(=O)C2(c3ccc(C(C)(C)C)cc3)CC2)CC1. The van der Waals surface area contributed by atoms with Gasteiger partial charge in [-0.15, -0.1) is 0 Å². The fourth-order valence-corrected chi connectivity index (χ4v) is 3.93. The maximum Gasteiger partial charge on any atom is 0.233 e. The standard InChI is InChI=1S/C21H31NO2/c1-15(23)16-9-13-22(14-10-16)19(24)21(11-12-21)18-7-5-17(6-8-18)20(2,3)4/h5-8,15-16,23H,9-14H2,1-4H3. The number of hydrogen-bond acceptors (Lipinski definition) is 2. The molecule has 1 unspecified atom stereocenters. The summed E-state index contributed by atoms with van der Waals surface area (Å²) in [5.41, 5.74) is 2.36. The second kappa shape index (κ2) is 6.18. The van der Waals surface area contributed by atoms with Gasteiger partial charge in [-0.2, -0.15) is 0 Å². The molecule has 1 atom stereocenters. The highest BCUT2D eigenvalue weighted by molar-refractivity contribution is 5.91. The van der Waals surface area contributed by atoms with E-state index < -0.39 is 0 Å². The number of nitrogens with zero attached hydrogens (tertiary/aromatic N) is 1. The number of rotatable bonds is 3. The first-order chi connectivity index (χ1) is 11.2. The molecule has 0 bridgehead atoms. The molecular weight excluding hydrogens is 298 g/mol. The van der Waals surface area contributed by atoms with E-state index in [0.717, 1.165) is 38.8 Å². The van der Waals surface area contributed by atoms with Gasteiger partial charge in [0, 0.05) is 13.1 Å². The zero-order chi connectivity index (χ0) is 17.5. The van der Waals surface area contributed by atoms with Gasteiger partial charge in [0.15, 0.2) is 0 Å². The molecule has 2 aliphatic rings. The topological polar surface area (TPSA) is 40.5 Å². The number of benzene rings is 1. The third-order valence-electron chi connectivity index (χ3n) is 5.97. The van der Waals surface area contributed by atoms with Crippen LogP contribution in [0.25, 0.3) is 0 Å². The molecule has 1 aliphatic heterocycles. The summed E-state index contributed by atoms with van der Waals surface area (Å²) in [5, 5.41) is 9.74. The lowest BCUT2D eigenvalue weighted by Gasteiger charge is -2.35. The first kappa shape index (κ1) is 17.5. The third-order valence-corrected chi connectivity index (χ3v) is 5.97. The minimum absolute atomic E-state index is 0.141. The van der Waals surface area contributed by atoms with E-state index in [9.17, 15) is 9.90 Å². The summed E-state index contributed by atoms with van der Waals surface area (Å²) >= 11 is 0. The van der Waals surface area contributed by atoms with Gasteiger partial charge in [0.25, 0.3) is 0 Å². The summed E-state index contributed by atoms with van der Waals surface area (Å²) in [7, 11) is 0. The molecule has 1 aromatic carbocycles. The number of aliphatic hydroxyl groups excluding tert-OH is 1. The molecule has 2 fully saturated rings. The predicted molar refractivity (Wildman–Crippen MR) is 97.0 cm³/mol. The Bertz CT molecular complexity index is 585. The average molecular weight is 329 g/mol. The van der Waals surface area contributed by atoms with Crippen LogP contribution in [0, 0.1) is 5.92 Å². The fraction of sp³-hybridized carbons (Fsp3) is 0.667. The lowest BCUT2D eigenvalue weighted by molar-refractivity contribution is -0.136. The third kappa shape index (κ3) is 3.23. The molecule has 1 amide bonds. The molecule has 0 radical (unpaired) electrons. The van der Waals surface area contributed by atoms with Gasteiger partial charge in [0.1, 0.15) is 0 Å². The van der Waals surface area contributed by atoms with Crippen molar-refractivity contribution in [3.05, 3.63) is 35.4 Å². The van der Waals surface area contributed by atoms with E-state index in [4.69, 9.17) is 0 Å². The van der Waals surface area contributed by atoms with Crippen molar-refractivity contribution < 1.29 is 9.90 Å². The van der Waals surface area contributed by atoms with Gasteiger partial charge >= 0.3 is 0 Å². The molecule has 1 aromatic rings. The first-order valence-electron chi connectivity index (χ1n) is 9.32. The molecule has 1 saturated carbocycles. The molecule has 132 valence electrons. The van der Waals surface area contributed by atoms with Crippen LogP contribution in [0.4, 0.5) is 0 Å². The van der Waals surface area contributed by atoms with E-state index in [1.807, 2.05) is 11.8 Å². The van der Waals surface area contributed by atoms with Crippen LogP contribution in [-0.4, -0.2) is 35.1 Å². The van der Waals surface area contributed by atoms with Gasteiger partial charge in [0.2, 0.25) is 5.91 Å². The summed E-state index contributed by atoms with van der Waals surface area (Å²) in [6.45, 7) is 10.1. The van der Waals surface area contributed by atoms with E-state index in [1.54, 1.807) is 0 Å². The molecule has 3 nitrogen and oxygen atoms in total. The van der Waals surface area contributed by atoms with Crippen molar-refractivity contribution in [1.29, 1.82) is 0 Å². The monoisotopic (exact) mass is 329 g/mol. The van der Waals surface area contributed by atoms with Crippen LogP contribution in [0.3, 0.4) is 0 Å². The Balaban J connectivity index is 1.71. The number of piperidine rings is 1. The lowest BCUT2D eigenvalue weighted by Crippen LogP contribution is -2.45. The van der Waals surface area contributed by atoms with Gasteiger partial charge < -0.3 is 10.0 Å². The van der Waals surface area contributed by atoms with Gasteiger partial charge in [-0.05, 0) is 55.1 Å². The van der Waals surface area contributed by atoms with Crippen molar-refractivity contribution in [3.8, 4) is 0 Å². The normalized spacial score (nSPS) is 22.3. The second-order valence-electron chi connectivity index (χ2n) is 8.78. The Morgan fingerprint density at radius 3 is 2.12 bits per heavy atom. The van der Waals surface area contributed by atoms with Gasteiger partial charge in [0.05, 0.1) is 11.5 Å². The largest absolute Gasteiger partial charge is 0.393 e. The Labute approximate surface area is 146 Å². The molecule has 1 aliphatic carbocycles. The quantitative estimate of drug-likeness (QED) is 0.920. The zero-order valence-corrected chi connectivity index (χ0v) is 15.5. The van der Waals surface area contributed by atoms with Gasteiger partial charge in [-0.3, -0.25) is 4.79 Å². The van der Waals surface area contributed by atoms with Gasteiger partial charge in [-0.25, -0.2) is 0 Å². The summed E-state index contributed by atoms with van der Waals surface area (Å²) < 4.78 is 0. The van der Waals surface area contributed by atoms with Crippen LogP contribution in [0.5, 0.6) is 0 Å². The van der Waals surface area contributed by atoms with Crippen LogP contribution in [-0.2, 0) is 15.6 Å².